The second kappa shape index (κ2) is 5.44. The van der Waals surface area contributed by atoms with Crippen molar-refractivity contribution in [1.82, 2.24) is 15.3 Å². The number of amides is 1. The highest BCUT2D eigenvalue weighted by atomic mass is 35.5. The van der Waals surface area contributed by atoms with E-state index in [1.807, 2.05) is 5.38 Å². The molecule has 2 heterocycles. The van der Waals surface area contributed by atoms with Crippen LogP contribution in [0.1, 0.15) is 16.1 Å². The van der Waals surface area contributed by atoms with Crippen LogP contribution in [-0.2, 0) is 6.54 Å². The van der Waals surface area contributed by atoms with Gasteiger partial charge in [-0.25, -0.2) is 9.97 Å². The lowest BCUT2D eigenvalue weighted by Gasteiger charge is -2.03. The van der Waals surface area contributed by atoms with Crippen LogP contribution in [0.2, 0.25) is 10.2 Å². The third-order valence-electron chi connectivity index (χ3n) is 1.97. The number of thiazole rings is 1. The molecule has 0 aromatic carbocycles. The molecule has 88 valence electrons. The number of hydrogen-bond acceptors (Lipinski definition) is 4. The van der Waals surface area contributed by atoms with E-state index in [2.05, 4.69) is 15.3 Å². The van der Waals surface area contributed by atoms with Crippen molar-refractivity contribution in [3.05, 3.63) is 44.6 Å². The maximum absolute atomic E-state index is 11.7. The molecule has 1 N–H and O–H groups in total. The highest BCUT2D eigenvalue weighted by molar-refractivity contribution is 7.07. The molecule has 0 unspecified atom stereocenters. The Labute approximate surface area is 112 Å². The fourth-order valence-electron chi connectivity index (χ4n) is 1.14. The fourth-order valence-corrected chi connectivity index (χ4v) is 1.97. The zero-order valence-electron chi connectivity index (χ0n) is 8.48. The first-order valence-electron chi connectivity index (χ1n) is 4.63. The molecular formula is C10H7Cl2N3OS. The summed E-state index contributed by atoms with van der Waals surface area (Å²) in [4.78, 5) is 19.6. The van der Waals surface area contributed by atoms with Crippen molar-refractivity contribution >= 4 is 40.4 Å². The largest absolute Gasteiger partial charge is 0.346 e. The summed E-state index contributed by atoms with van der Waals surface area (Å²) in [5.41, 5.74) is 2.90. The van der Waals surface area contributed by atoms with Crippen molar-refractivity contribution < 1.29 is 4.79 Å². The summed E-state index contributed by atoms with van der Waals surface area (Å²) in [5.74, 6) is -0.260. The normalized spacial score (nSPS) is 10.2. The monoisotopic (exact) mass is 287 g/mol. The predicted molar refractivity (Wildman–Crippen MR) is 67.5 cm³/mol. The third kappa shape index (κ3) is 3.15. The number of carbonyl (C=O) groups is 1. The van der Waals surface area contributed by atoms with Crippen LogP contribution in [0.5, 0.6) is 0 Å². The molecule has 2 aromatic heterocycles. The van der Waals surface area contributed by atoms with Crippen LogP contribution in [0.15, 0.2) is 23.2 Å². The van der Waals surface area contributed by atoms with Gasteiger partial charge in [0.1, 0.15) is 5.15 Å². The number of nitrogens with zero attached hydrogens (tertiary/aromatic N) is 2. The molecule has 0 radical (unpaired) electrons. The molecule has 0 bridgehead atoms. The number of nitrogens with one attached hydrogen (secondary N) is 1. The van der Waals surface area contributed by atoms with E-state index in [1.54, 1.807) is 5.51 Å². The Morgan fingerprint density at radius 3 is 2.88 bits per heavy atom. The number of rotatable bonds is 3. The van der Waals surface area contributed by atoms with Crippen LogP contribution in [-0.4, -0.2) is 15.9 Å². The van der Waals surface area contributed by atoms with Crippen molar-refractivity contribution in [2.45, 2.75) is 6.54 Å². The van der Waals surface area contributed by atoms with Gasteiger partial charge in [0.15, 0.2) is 0 Å². The van der Waals surface area contributed by atoms with Crippen molar-refractivity contribution in [2.24, 2.45) is 0 Å². The lowest BCUT2D eigenvalue weighted by atomic mass is 10.2. The summed E-state index contributed by atoms with van der Waals surface area (Å²) in [5, 5.41) is 5.02. The number of aromatic nitrogens is 2. The maximum Gasteiger partial charge on any atom is 0.253 e. The zero-order valence-corrected chi connectivity index (χ0v) is 10.8. The number of carbonyl (C=O) groups excluding carboxylic acids is 1. The Hall–Kier alpha value is -1.17. The quantitative estimate of drug-likeness (QED) is 0.884. The van der Waals surface area contributed by atoms with Crippen molar-refractivity contribution in [2.75, 3.05) is 0 Å². The molecule has 0 aliphatic carbocycles. The fraction of sp³-hybridized carbons (Fsp3) is 0.100. The molecule has 7 heteroatoms. The number of halogens is 2. The van der Waals surface area contributed by atoms with Crippen LogP contribution >= 0.6 is 34.5 Å². The summed E-state index contributed by atoms with van der Waals surface area (Å²) in [6.45, 7) is 0.378. The summed E-state index contributed by atoms with van der Waals surface area (Å²) in [7, 11) is 0. The third-order valence-corrected chi connectivity index (χ3v) is 3.29. The molecule has 0 fully saturated rings. The molecule has 0 saturated carbocycles. The maximum atomic E-state index is 11.7. The van der Waals surface area contributed by atoms with Gasteiger partial charge < -0.3 is 5.32 Å². The number of pyridine rings is 1. The van der Waals surface area contributed by atoms with E-state index in [0.717, 1.165) is 5.69 Å². The van der Waals surface area contributed by atoms with Gasteiger partial charge in [0.05, 0.1) is 28.3 Å². The SMILES string of the molecule is O=C(NCc1cscn1)c1cnc(Cl)c(Cl)c1. The standard InChI is InChI=1S/C10H7Cl2N3OS/c11-8-1-6(2-13-9(8)12)10(16)14-3-7-4-17-5-15-7/h1-2,4-5H,3H2,(H,14,16). The highest BCUT2D eigenvalue weighted by Gasteiger charge is 2.09. The van der Waals surface area contributed by atoms with E-state index in [0.29, 0.717) is 12.1 Å². The Kier molecular flexibility index (Phi) is 3.93. The van der Waals surface area contributed by atoms with E-state index in [1.165, 1.54) is 23.6 Å². The average Bonchev–Trinajstić information content (AvgIpc) is 2.82. The van der Waals surface area contributed by atoms with E-state index in [4.69, 9.17) is 23.2 Å². The lowest BCUT2D eigenvalue weighted by molar-refractivity contribution is 0.0950. The summed E-state index contributed by atoms with van der Waals surface area (Å²) in [6, 6.07) is 1.48. The summed E-state index contributed by atoms with van der Waals surface area (Å²) >= 11 is 12.9. The Balaban J connectivity index is 2.02. The van der Waals surface area contributed by atoms with Crippen molar-refractivity contribution in [3.63, 3.8) is 0 Å². The minimum atomic E-state index is -0.260. The summed E-state index contributed by atoms with van der Waals surface area (Å²) in [6.07, 6.45) is 1.38. The van der Waals surface area contributed by atoms with Gasteiger partial charge in [-0.1, -0.05) is 23.2 Å². The highest BCUT2D eigenvalue weighted by Crippen LogP contribution is 2.19. The molecule has 0 atom stereocenters. The second-order valence-corrected chi connectivity index (χ2v) is 4.64. The Morgan fingerprint density at radius 1 is 1.41 bits per heavy atom. The van der Waals surface area contributed by atoms with Crippen LogP contribution in [0, 0.1) is 0 Å². The second-order valence-electron chi connectivity index (χ2n) is 3.16. The first kappa shape index (κ1) is 12.3. The zero-order chi connectivity index (χ0) is 12.3. The smallest absolute Gasteiger partial charge is 0.253 e. The van der Waals surface area contributed by atoms with Gasteiger partial charge in [-0.2, -0.15) is 0 Å². The molecule has 1 amide bonds. The molecule has 0 saturated heterocycles. The van der Waals surface area contributed by atoms with Gasteiger partial charge in [0.2, 0.25) is 0 Å². The first-order chi connectivity index (χ1) is 8.16. The van der Waals surface area contributed by atoms with Gasteiger partial charge in [-0.15, -0.1) is 11.3 Å². The van der Waals surface area contributed by atoms with Crippen molar-refractivity contribution in [3.8, 4) is 0 Å². The molecule has 2 aromatic rings. The topological polar surface area (TPSA) is 54.9 Å². The molecule has 4 nitrogen and oxygen atoms in total. The van der Waals surface area contributed by atoms with Crippen LogP contribution in [0.4, 0.5) is 0 Å². The Morgan fingerprint density at radius 2 is 2.24 bits per heavy atom. The Bertz CT molecular complexity index is 530. The van der Waals surface area contributed by atoms with Gasteiger partial charge in [0, 0.05) is 11.6 Å². The van der Waals surface area contributed by atoms with Crippen LogP contribution in [0.25, 0.3) is 0 Å². The van der Waals surface area contributed by atoms with Gasteiger partial charge in [0.25, 0.3) is 5.91 Å². The van der Waals surface area contributed by atoms with Crippen LogP contribution in [0.3, 0.4) is 0 Å². The van der Waals surface area contributed by atoms with E-state index >= 15 is 0 Å². The average molecular weight is 288 g/mol. The minimum Gasteiger partial charge on any atom is -0.346 e. The molecule has 2 rings (SSSR count). The molecule has 17 heavy (non-hydrogen) atoms. The van der Waals surface area contributed by atoms with Crippen LogP contribution < -0.4 is 5.32 Å². The van der Waals surface area contributed by atoms with Crippen molar-refractivity contribution in [1.29, 1.82) is 0 Å². The minimum absolute atomic E-state index is 0.183. The van der Waals surface area contributed by atoms with E-state index < -0.39 is 0 Å². The predicted octanol–water partition coefficient (Wildman–Crippen LogP) is 2.77. The van der Waals surface area contributed by atoms with E-state index in [9.17, 15) is 4.79 Å². The summed E-state index contributed by atoms with van der Waals surface area (Å²) < 4.78 is 0. The van der Waals surface area contributed by atoms with Gasteiger partial charge in [-0.05, 0) is 6.07 Å². The van der Waals surface area contributed by atoms with Gasteiger partial charge in [-0.3, -0.25) is 4.79 Å². The molecule has 0 aliphatic heterocycles. The first-order valence-corrected chi connectivity index (χ1v) is 6.33. The molecular weight excluding hydrogens is 281 g/mol. The molecule has 0 aliphatic rings. The number of hydrogen-bond donors (Lipinski definition) is 1. The van der Waals surface area contributed by atoms with E-state index in [-0.39, 0.29) is 16.1 Å². The lowest BCUT2D eigenvalue weighted by Crippen LogP contribution is -2.23. The van der Waals surface area contributed by atoms with Gasteiger partial charge >= 0.3 is 0 Å². The molecule has 0 spiro atoms.